The van der Waals surface area contributed by atoms with Gasteiger partial charge in [0.2, 0.25) is 0 Å². The molecule has 0 aromatic rings. The normalized spacial score (nSPS) is 0. The molecule has 0 aliphatic carbocycles. The Morgan fingerprint density at radius 2 is 0.600 bits per heavy atom. The Hall–Kier alpha value is 2.06. The second kappa shape index (κ2) is 36.5. The Morgan fingerprint density at radius 3 is 0.600 bits per heavy atom. The molecular weight excluding hydrogens is 234 g/mol. The molecule has 0 radical (unpaired) electrons. The predicted octanol–water partition coefficient (Wildman–Crippen LogP) is -12.0. The van der Waals surface area contributed by atoms with Crippen LogP contribution in [0.25, 0.3) is 0 Å². The molecule has 0 amide bonds. The molecule has 34 valence electrons. The Labute approximate surface area is 75.3 Å². The Bertz CT molecular complexity index is 6.85. The van der Waals surface area contributed by atoms with Gasteiger partial charge in [-0.05, 0) is 0 Å². The zero-order valence-electron chi connectivity index (χ0n) is 2.01. The molecule has 0 aromatic heterocycles. The summed E-state index contributed by atoms with van der Waals surface area (Å²) >= 11 is 0. The number of hydrogen-bond donors (Lipinski definition) is 0. The second-order valence-corrected chi connectivity index (χ2v) is 0. The van der Waals surface area contributed by atoms with E-state index in [-0.39, 0.29) is 75.9 Å². The first-order valence-corrected chi connectivity index (χ1v) is 0. The Morgan fingerprint density at radius 1 is 0.600 bits per heavy atom. The van der Waals surface area contributed by atoms with Crippen LogP contribution < -0.4 is 54.2 Å². The number of halogens is 4. The fourth-order valence-corrected chi connectivity index (χ4v) is 0. The van der Waals surface area contributed by atoms with Crippen molar-refractivity contribution >= 4 is 0 Å². The maximum atomic E-state index is 0. The van der Waals surface area contributed by atoms with Crippen molar-refractivity contribution in [3.8, 4) is 0 Å². The number of hydrogen-bond acceptors (Lipinski definition) is 0. The first-order valence-electron chi connectivity index (χ1n) is 0. The van der Waals surface area contributed by atoms with Crippen LogP contribution in [0.1, 0.15) is 0 Å². The van der Waals surface area contributed by atoms with Gasteiger partial charge >= 0.3 is 21.7 Å². The molecule has 0 spiro atoms. The molecule has 5 heavy (non-hydrogen) atoms. The van der Waals surface area contributed by atoms with Gasteiger partial charge in [0.25, 0.3) is 0 Å². The molecule has 0 aliphatic heterocycles. The van der Waals surface area contributed by atoms with Crippen LogP contribution in [0.2, 0.25) is 0 Å². The monoisotopic (exact) mass is 232 g/mol. The summed E-state index contributed by atoms with van der Waals surface area (Å²) < 4.78 is 0. The van der Waals surface area contributed by atoms with Crippen LogP contribution in [-0.4, -0.2) is 0 Å². The standard InChI is InChI=1S/BrH.3ClH.Ti/h4*1H;/q;;;;+2/p-4. The van der Waals surface area contributed by atoms with Crippen molar-refractivity contribution in [2.75, 3.05) is 0 Å². The molecule has 0 aromatic carbocycles. The molecule has 0 saturated heterocycles. The summed E-state index contributed by atoms with van der Waals surface area (Å²) in [7, 11) is 0. The van der Waals surface area contributed by atoms with E-state index in [1.165, 1.54) is 0 Å². The molecule has 0 fully saturated rings. The van der Waals surface area contributed by atoms with Crippen LogP contribution in [0.15, 0.2) is 0 Å². The van der Waals surface area contributed by atoms with Gasteiger partial charge in [-0.25, -0.2) is 0 Å². The van der Waals surface area contributed by atoms with E-state index in [4.69, 9.17) is 0 Å². The van der Waals surface area contributed by atoms with E-state index in [0.29, 0.717) is 0 Å². The van der Waals surface area contributed by atoms with E-state index in [2.05, 4.69) is 0 Å². The summed E-state index contributed by atoms with van der Waals surface area (Å²) in [6, 6.07) is 0. The SMILES string of the molecule is [Br-].[Cl-].[Cl-].[Cl-].[Ti+2]. The van der Waals surface area contributed by atoms with E-state index in [1.807, 2.05) is 0 Å². The zero-order chi connectivity index (χ0) is 0. The maximum absolute atomic E-state index is 0. The van der Waals surface area contributed by atoms with Gasteiger partial charge in [-0.3, -0.25) is 0 Å². The third-order valence-electron chi connectivity index (χ3n) is 0. The van der Waals surface area contributed by atoms with Crippen molar-refractivity contribution in [3.05, 3.63) is 0 Å². The van der Waals surface area contributed by atoms with Crippen molar-refractivity contribution in [2.24, 2.45) is 0 Å². The van der Waals surface area contributed by atoms with Crippen LogP contribution in [0.4, 0.5) is 0 Å². The van der Waals surface area contributed by atoms with E-state index in [1.54, 1.807) is 0 Å². The Balaban J connectivity index is 0. The minimum absolute atomic E-state index is 0. The third-order valence-corrected chi connectivity index (χ3v) is 0. The van der Waals surface area contributed by atoms with Crippen LogP contribution in [0, 0.1) is 0 Å². The van der Waals surface area contributed by atoms with Gasteiger partial charge in [0.15, 0.2) is 0 Å². The molecule has 5 heteroatoms. The van der Waals surface area contributed by atoms with Crippen molar-refractivity contribution in [1.29, 1.82) is 0 Å². The molecule has 0 nitrogen and oxygen atoms in total. The fourth-order valence-electron chi connectivity index (χ4n) is 0. The largest absolute Gasteiger partial charge is 2.00 e. The minimum Gasteiger partial charge on any atom is -1.00 e. The first-order chi connectivity index (χ1) is 0. The van der Waals surface area contributed by atoms with E-state index >= 15 is 0 Å². The smallest absolute Gasteiger partial charge is 1.00 e. The topological polar surface area (TPSA) is 0 Å². The van der Waals surface area contributed by atoms with Crippen LogP contribution in [-0.2, 0) is 21.7 Å². The average Bonchev–Trinajstić information content (AvgIpc) is 0. The summed E-state index contributed by atoms with van der Waals surface area (Å²) in [5, 5.41) is 0. The second-order valence-electron chi connectivity index (χ2n) is 0. The van der Waals surface area contributed by atoms with Crippen molar-refractivity contribution in [2.45, 2.75) is 0 Å². The van der Waals surface area contributed by atoms with E-state index in [9.17, 15) is 0 Å². The summed E-state index contributed by atoms with van der Waals surface area (Å²) in [4.78, 5) is 0. The van der Waals surface area contributed by atoms with Gasteiger partial charge in [-0.2, -0.15) is 0 Å². The summed E-state index contributed by atoms with van der Waals surface area (Å²) in [5.41, 5.74) is 0. The van der Waals surface area contributed by atoms with Gasteiger partial charge in [-0.15, -0.1) is 0 Å². The molecule has 0 saturated carbocycles. The molecule has 0 unspecified atom stereocenters. The molecular formula is BrCl3Ti-2. The molecule has 0 aliphatic rings. The first kappa shape index (κ1) is 61.0. The quantitative estimate of drug-likeness (QED) is 0.365. The van der Waals surface area contributed by atoms with Gasteiger partial charge in [0, 0.05) is 0 Å². The van der Waals surface area contributed by atoms with Gasteiger partial charge in [0.1, 0.15) is 0 Å². The molecule has 0 atom stereocenters. The van der Waals surface area contributed by atoms with Gasteiger partial charge in [0.05, 0.1) is 0 Å². The average molecular weight is 234 g/mol. The fraction of sp³-hybridized carbons (Fsp3) is 0. The molecule has 0 heterocycles. The molecule has 0 N–H and O–H groups in total. The van der Waals surface area contributed by atoms with Crippen molar-refractivity contribution < 1.29 is 75.9 Å². The van der Waals surface area contributed by atoms with Crippen LogP contribution in [0.5, 0.6) is 0 Å². The van der Waals surface area contributed by atoms with E-state index in [0.717, 1.165) is 0 Å². The minimum atomic E-state index is 0. The van der Waals surface area contributed by atoms with Crippen molar-refractivity contribution in [3.63, 3.8) is 0 Å². The number of rotatable bonds is 0. The summed E-state index contributed by atoms with van der Waals surface area (Å²) in [6.45, 7) is 0. The maximum Gasteiger partial charge on any atom is 2.00 e. The summed E-state index contributed by atoms with van der Waals surface area (Å²) in [5.74, 6) is 0. The van der Waals surface area contributed by atoms with Gasteiger partial charge in [-0.1, -0.05) is 0 Å². The van der Waals surface area contributed by atoms with Crippen molar-refractivity contribution in [1.82, 2.24) is 0 Å². The zero-order valence-corrected chi connectivity index (χ0v) is 7.43. The van der Waals surface area contributed by atoms with Gasteiger partial charge < -0.3 is 54.2 Å². The van der Waals surface area contributed by atoms with E-state index < -0.39 is 0 Å². The Kier molecular flexibility index (Phi) is 445. The summed E-state index contributed by atoms with van der Waals surface area (Å²) in [6.07, 6.45) is 0. The van der Waals surface area contributed by atoms with Crippen LogP contribution in [0.3, 0.4) is 0 Å². The third kappa shape index (κ3) is 23.5. The van der Waals surface area contributed by atoms with Crippen LogP contribution >= 0.6 is 0 Å². The molecule has 0 rings (SSSR count). The predicted molar refractivity (Wildman–Crippen MR) is 0 cm³/mol. The molecule has 0 bridgehead atoms.